The van der Waals surface area contributed by atoms with Crippen LogP contribution in [0.3, 0.4) is 0 Å². The van der Waals surface area contributed by atoms with Crippen LogP contribution < -0.4 is 37.5 Å². The monoisotopic (exact) mass is 1580 g/mol. The van der Waals surface area contributed by atoms with Gasteiger partial charge in [-0.3, -0.25) is 9.59 Å². The fraction of sp³-hybridized carbons (Fsp3) is 0.341. The van der Waals surface area contributed by atoms with Crippen molar-refractivity contribution in [2.45, 2.75) is 181 Å². The molecule has 0 spiro atoms. The van der Waals surface area contributed by atoms with Crippen molar-refractivity contribution >= 4 is 64.7 Å². The highest BCUT2D eigenvalue weighted by Gasteiger charge is 2.41. The minimum atomic E-state index is -1.43. The largest absolute Gasteiger partial charge is 0.477 e. The number of hydrogen-bond donors (Lipinski definition) is 8. The second kappa shape index (κ2) is 37.4. The molecule has 10 aromatic rings. The molecule has 12 rings (SSSR count). The third kappa shape index (κ3) is 23.5. The minimum Gasteiger partial charge on any atom is -0.477 e. The molecule has 26 heteroatoms. The molecule has 10 N–H and O–H groups in total. The van der Waals surface area contributed by atoms with Crippen LogP contribution in [0.2, 0.25) is 0 Å². The molecule has 2 fully saturated rings. The summed E-state index contributed by atoms with van der Waals surface area (Å²) in [5, 5.41) is 52.9. The number of halogens is 1. The van der Waals surface area contributed by atoms with Crippen LogP contribution in [0.5, 0.6) is 0 Å². The van der Waals surface area contributed by atoms with E-state index in [1.54, 1.807) is 79.5 Å². The Morgan fingerprint density at radius 3 is 1.31 bits per heavy atom. The van der Waals surface area contributed by atoms with E-state index in [1.807, 2.05) is 195 Å². The number of carbonyl (C=O) groups excluding carboxylic acids is 4. The number of carbonyl (C=O) groups is 5. The number of carboxylic acids is 1. The first-order chi connectivity index (χ1) is 53.6. The van der Waals surface area contributed by atoms with Crippen molar-refractivity contribution in [3.8, 4) is 29.2 Å². The van der Waals surface area contributed by atoms with Crippen LogP contribution in [0, 0.1) is 55.3 Å². The van der Waals surface area contributed by atoms with E-state index in [4.69, 9.17) is 20.9 Å². The molecule has 596 valence electrons. The third-order valence-electron chi connectivity index (χ3n) is 18.9. The predicted molar refractivity (Wildman–Crippen MR) is 445 cm³/mol. The van der Waals surface area contributed by atoms with Crippen molar-refractivity contribution < 1.29 is 42.8 Å². The summed E-state index contributed by atoms with van der Waals surface area (Å²) in [6.07, 6.45) is 7.29. The third-order valence-corrected chi connectivity index (χ3v) is 20.6. The zero-order chi connectivity index (χ0) is 81.6. The first-order valence-corrected chi connectivity index (χ1v) is 38.9. The number of anilines is 2. The van der Waals surface area contributed by atoms with Crippen LogP contribution in [0.1, 0.15) is 212 Å². The summed E-state index contributed by atoms with van der Waals surface area (Å²) in [5.41, 5.74) is 23.7. The molecule has 0 bridgehead atoms. The summed E-state index contributed by atoms with van der Waals surface area (Å²) in [7, 11) is -1.43. The van der Waals surface area contributed by atoms with Crippen LogP contribution in [-0.4, -0.2) is 84.6 Å². The zero-order valence-electron chi connectivity index (χ0n) is 66.6. The number of alkyl carbamates (subject to hydrolysis) is 2. The van der Waals surface area contributed by atoms with Gasteiger partial charge in [-0.1, -0.05) is 111 Å². The van der Waals surface area contributed by atoms with Gasteiger partial charge in [0.15, 0.2) is 5.69 Å². The number of amides is 4. The van der Waals surface area contributed by atoms with Crippen LogP contribution >= 0.6 is 12.4 Å². The Morgan fingerprint density at radius 2 is 0.895 bits per heavy atom. The van der Waals surface area contributed by atoms with Crippen molar-refractivity contribution in [3.05, 3.63) is 272 Å². The van der Waals surface area contributed by atoms with Gasteiger partial charge >= 0.3 is 18.2 Å². The van der Waals surface area contributed by atoms with Crippen LogP contribution in [0.25, 0.3) is 17.1 Å². The molecule has 0 radical (unpaired) electrons. The van der Waals surface area contributed by atoms with Gasteiger partial charge in [0.2, 0.25) is 0 Å². The first-order valence-electron chi connectivity index (χ1n) is 37.8. The lowest BCUT2D eigenvalue weighted by Gasteiger charge is -2.38. The predicted octanol–water partition coefficient (Wildman–Crippen LogP) is 16.3. The molecular weight excluding hydrogens is 1480 g/mol. The molecule has 3 heterocycles. The molecule has 114 heavy (non-hydrogen) atoms. The molecule has 24 nitrogen and oxygen atoms in total. The standard InChI is InChI=1S/C40H48N6O4S.C31H32N6O.C17H21N3O4.ClH/c1-27-22-35(46(44-27)34-13-8-10-30(23-34)26-42-37(48)50-38(2,3)4)36(47)43-33-12-9-11-32(24-33)40(21-20-28-14-15-28,45-51(49)39(5,6)7)31-18-16-29(25-41)17-19-31;1-21-16-29(37(36-21)28-7-2-4-24(17-28)20-33)30(38)35-27-6-3-5-26(18-27)31(34,15-14-22-8-9-22)25-12-10-23(19-32)11-13-25;1-11-8-14(15(21)22)20(19-11)13-7-5-6-12(9-13)10-18-16(23)24-17(2,3)4;/h8-13,16-19,22-24,28,45H,14-15,20-21,26H2,1-7H3,(H,42,48)(H,43,47);2-7,10-13,16-18,22H,8-9,14-15,20,33-34H2,1H3,(H,35,38);5-9H,10H2,1-4H3,(H,18,23)(H,21,22);1H/t40?,51-;;;/m1.../s1. The summed E-state index contributed by atoms with van der Waals surface area (Å²) in [5.74, 6) is -0.322. The maximum atomic E-state index is 13.9. The normalized spacial score (nSPS) is 13.9. The summed E-state index contributed by atoms with van der Waals surface area (Å²) in [6.45, 7) is 23.0. The lowest BCUT2D eigenvalue weighted by Crippen LogP contribution is -2.49. The number of benzene rings is 7. The van der Waals surface area contributed by atoms with Crippen LogP contribution in [0.4, 0.5) is 21.0 Å². The highest BCUT2D eigenvalue weighted by Crippen LogP contribution is 2.44. The first kappa shape index (κ1) is 86.4. The smallest absolute Gasteiger partial charge is 0.407 e. The van der Waals surface area contributed by atoms with E-state index in [0.717, 1.165) is 75.5 Å². The Labute approximate surface area is 675 Å². The number of aromatic nitrogens is 6. The molecule has 2 unspecified atom stereocenters. The molecule has 3 aromatic heterocycles. The van der Waals surface area contributed by atoms with Crippen molar-refractivity contribution in [1.29, 1.82) is 10.5 Å². The van der Waals surface area contributed by atoms with Gasteiger partial charge in [-0.25, -0.2) is 37.4 Å². The molecule has 7 aromatic carbocycles. The van der Waals surface area contributed by atoms with Gasteiger partial charge in [0, 0.05) is 31.0 Å². The molecular formula is C88H102ClN15O9S. The molecule has 0 aliphatic heterocycles. The van der Waals surface area contributed by atoms with Gasteiger partial charge in [0.1, 0.15) is 22.6 Å². The second-order valence-electron chi connectivity index (χ2n) is 31.8. The maximum Gasteiger partial charge on any atom is 0.407 e. The number of nitrogens with two attached hydrogens (primary N) is 2. The van der Waals surface area contributed by atoms with Crippen molar-refractivity contribution in [3.63, 3.8) is 0 Å². The number of nitrogens with zero attached hydrogens (tertiary/aromatic N) is 8. The second-order valence-corrected chi connectivity index (χ2v) is 33.7. The molecule has 2 saturated carbocycles. The fourth-order valence-electron chi connectivity index (χ4n) is 12.8. The average molecular weight is 1580 g/mol. The fourth-order valence-corrected chi connectivity index (χ4v) is 13.8. The highest BCUT2D eigenvalue weighted by molar-refractivity contribution is 7.84. The number of carboxylic acid groups (broad SMARTS) is 1. The molecule has 2 aliphatic carbocycles. The Morgan fingerprint density at radius 1 is 0.509 bits per heavy atom. The summed E-state index contributed by atoms with van der Waals surface area (Å²) < 4.78 is 32.0. The maximum absolute atomic E-state index is 13.9. The van der Waals surface area contributed by atoms with E-state index >= 15 is 0 Å². The van der Waals surface area contributed by atoms with Crippen molar-refractivity contribution in [2.75, 3.05) is 10.6 Å². The number of nitrogens with one attached hydrogen (secondary N) is 5. The number of aromatic carboxylic acids is 1. The van der Waals surface area contributed by atoms with Crippen LogP contribution in [-0.2, 0) is 51.2 Å². The van der Waals surface area contributed by atoms with E-state index in [1.165, 1.54) is 36.4 Å². The number of aryl methyl sites for hydroxylation is 3. The lowest BCUT2D eigenvalue weighted by molar-refractivity contribution is 0.0512. The zero-order valence-corrected chi connectivity index (χ0v) is 68.2. The molecule has 4 amide bonds. The number of nitriles is 2. The summed E-state index contributed by atoms with van der Waals surface area (Å²) >= 11 is 0. The highest BCUT2D eigenvalue weighted by atomic mass is 35.5. The Bertz CT molecular complexity index is 5190. The van der Waals surface area contributed by atoms with Crippen molar-refractivity contribution in [2.24, 2.45) is 23.3 Å². The number of rotatable bonds is 25. The Hall–Kier alpha value is -11.6. The van der Waals surface area contributed by atoms with Gasteiger partial charge in [0.25, 0.3) is 11.8 Å². The van der Waals surface area contributed by atoms with Crippen LogP contribution in [0.15, 0.2) is 188 Å². The topological polar surface area (TPSA) is 354 Å². The van der Waals surface area contributed by atoms with E-state index < -0.39 is 56.2 Å². The summed E-state index contributed by atoms with van der Waals surface area (Å²) in [6, 6.07) is 62.0. The molecule has 2 aliphatic rings. The Balaban J connectivity index is 0.000000208. The molecule has 3 atom stereocenters. The molecule has 0 saturated heterocycles. The number of ether oxygens (including phenoxy) is 2. The van der Waals surface area contributed by atoms with E-state index in [2.05, 4.69) is 53.4 Å². The van der Waals surface area contributed by atoms with E-state index in [0.29, 0.717) is 75.5 Å². The number of hydrogen-bond acceptors (Lipinski definition) is 15. The summed E-state index contributed by atoms with van der Waals surface area (Å²) in [4.78, 5) is 62.6. The van der Waals surface area contributed by atoms with E-state index in [-0.39, 0.29) is 43.0 Å². The van der Waals surface area contributed by atoms with Gasteiger partial charge in [-0.15, -0.1) is 12.4 Å². The van der Waals surface area contributed by atoms with Gasteiger partial charge < -0.3 is 47.3 Å². The van der Waals surface area contributed by atoms with Gasteiger partial charge in [-0.2, -0.15) is 25.8 Å². The van der Waals surface area contributed by atoms with Gasteiger partial charge in [-0.05, 0) is 263 Å². The average Bonchev–Trinajstić information content (AvgIpc) is 0.777. The van der Waals surface area contributed by atoms with Gasteiger partial charge in [0.05, 0.1) is 84.2 Å². The quantitative estimate of drug-likeness (QED) is 0.0263. The lowest BCUT2D eigenvalue weighted by atomic mass is 9.79. The Kier molecular flexibility index (Phi) is 28.3. The van der Waals surface area contributed by atoms with Crippen molar-refractivity contribution in [1.82, 2.24) is 44.7 Å². The SMILES string of the molecule is Cc1cc(C(=O)Nc2cccc(C(CCC3CC3)(N[S@](=O)C(C)(C)C)c3ccc(C#N)cc3)c2)n(-c2cccc(CNC(=O)OC(C)(C)C)c2)n1.Cc1cc(C(=O)Nc2cccc(C(N)(CCC3CC3)c3ccc(C#N)cc3)c2)n(-c2cccc(CN)c2)n1.Cc1cc(C(=O)O)n(-c2cccc(CNC(=O)OC(C)(C)C)c2)n1.Cl. The van der Waals surface area contributed by atoms with E-state index in [9.17, 15) is 43.8 Å². The minimum absolute atomic E-state index is 0.